The molecular formula is C59H83N9O10S. The van der Waals surface area contributed by atoms with E-state index in [2.05, 4.69) is 31.3 Å². The number of imide groups is 1. The van der Waals surface area contributed by atoms with Gasteiger partial charge < -0.3 is 37.2 Å². The molecular weight excluding hydrogens is 1030 g/mol. The third-order valence-corrected chi connectivity index (χ3v) is 15.4. The maximum Gasteiger partial charge on any atom is 0.264 e. The molecule has 0 aromatic heterocycles. The van der Waals surface area contributed by atoms with Crippen LogP contribution in [0, 0.1) is 11.3 Å². The van der Waals surface area contributed by atoms with Gasteiger partial charge in [0.2, 0.25) is 29.5 Å². The van der Waals surface area contributed by atoms with Crippen molar-refractivity contribution in [2.45, 2.75) is 154 Å². The summed E-state index contributed by atoms with van der Waals surface area (Å²) >= 11 is 0. The minimum Gasteiger partial charge on any atom is -0.350 e. The topological polar surface area (TPSA) is 275 Å². The number of sulfonamides is 1. The van der Waals surface area contributed by atoms with E-state index in [1.54, 1.807) is 14.1 Å². The van der Waals surface area contributed by atoms with Gasteiger partial charge in [0.15, 0.2) is 0 Å². The number of amides is 8. The van der Waals surface area contributed by atoms with Gasteiger partial charge in [-0.1, -0.05) is 134 Å². The second kappa shape index (κ2) is 29.8. The molecule has 19 nitrogen and oxygen atoms in total. The van der Waals surface area contributed by atoms with E-state index < -0.39 is 74.7 Å². The molecule has 0 saturated heterocycles. The minimum absolute atomic E-state index is 0.0390. The standard InChI is InChI=1S/C59H83N9O10S/c1-39(2)47(67(10)57(76)52(58(4,5)6)65-56(75)51(61-9)59(7,8)43-24-16-12-17-25-43)36-40(3)53(72)66-79(77,78)44-30-28-42(29-31-44)38-62-54(73)45(26-19-20-34-60)64-55(74)46(37-41-22-14-11-15-23-41)63-48(69)27-18-13-21-35-68-49(70)32-33-50(68)71/h11-12,14-17,22-25,28-33,36,39,45-47,51-52,61H,13,18-21,26-27,34-35,37-38,60H2,1-10H3,(H,62,73)(H,63,69)(H,64,74)(H,65,75)(H,66,72)/b40-36+/t45-,46-,47+,51+,52?/m0/s1. The Hall–Kier alpha value is -7.03. The second-order valence-corrected chi connectivity index (χ2v) is 23.8. The number of carbonyl (C=O) groups is 8. The zero-order valence-corrected chi connectivity index (χ0v) is 48.3. The second-order valence-electron chi connectivity index (χ2n) is 22.1. The van der Waals surface area contributed by atoms with E-state index in [1.165, 1.54) is 54.3 Å². The number of nitrogens with two attached hydrogens (primary N) is 1. The molecule has 20 heteroatoms. The third-order valence-electron chi connectivity index (χ3n) is 14.1. The van der Waals surface area contributed by atoms with Crippen LogP contribution in [-0.2, 0) is 66.8 Å². The van der Waals surface area contributed by atoms with Crippen molar-refractivity contribution in [1.82, 2.24) is 41.1 Å². The first kappa shape index (κ1) is 64.5. The predicted molar refractivity (Wildman–Crippen MR) is 304 cm³/mol. The number of nitrogens with one attached hydrogen (secondary N) is 6. The lowest BCUT2D eigenvalue weighted by Crippen LogP contribution is -2.61. The van der Waals surface area contributed by atoms with Crippen LogP contribution in [-0.4, -0.2) is 123 Å². The van der Waals surface area contributed by atoms with Crippen molar-refractivity contribution in [2.75, 3.05) is 27.2 Å². The first-order valence-corrected chi connectivity index (χ1v) is 28.5. The molecule has 5 atom stereocenters. The van der Waals surface area contributed by atoms with E-state index in [0.717, 1.165) is 16.0 Å². The molecule has 8 N–H and O–H groups in total. The highest BCUT2D eigenvalue weighted by Crippen LogP contribution is 2.29. The summed E-state index contributed by atoms with van der Waals surface area (Å²) < 4.78 is 29.3. The average molecular weight is 1110 g/mol. The van der Waals surface area contributed by atoms with Crippen molar-refractivity contribution in [3.8, 4) is 0 Å². The number of hydrogen-bond acceptors (Lipinski definition) is 12. The summed E-state index contributed by atoms with van der Waals surface area (Å²) in [5, 5.41) is 14.6. The van der Waals surface area contributed by atoms with Gasteiger partial charge in [0, 0.05) is 56.1 Å². The van der Waals surface area contributed by atoms with Crippen molar-refractivity contribution >= 4 is 57.3 Å². The van der Waals surface area contributed by atoms with E-state index in [-0.39, 0.29) is 72.4 Å². The molecule has 0 radical (unpaired) electrons. The Morgan fingerprint density at radius 2 is 1.32 bits per heavy atom. The Kier molecular flexibility index (Phi) is 24.3. The normalized spacial score (nSPS) is 14.9. The predicted octanol–water partition coefficient (Wildman–Crippen LogP) is 4.46. The molecule has 0 fully saturated rings. The largest absolute Gasteiger partial charge is 0.350 e. The van der Waals surface area contributed by atoms with Crippen LogP contribution in [0.15, 0.2) is 114 Å². The highest BCUT2D eigenvalue weighted by Gasteiger charge is 2.42. The molecule has 1 aliphatic rings. The summed E-state index contributed by atoms with van der Waals surface area (Å²) in [5.41, 5.74) is 6.66. The molecule has 1 aliphatic heterocycles. The lowest BCUT2D eigenvalue weighted by Gasteiger charge is -2.40. The summed E-state index contributed by atoms with van der Waals surface area (Å²) in [6.45, 7) is 15.2. The Morgan fingerprint density at radius 3 is 1.89 bits per heavy atom. The van der Waals surface area contributed by atoms with Crippen LogP contribution >= 0.6 is 0 Å². The van der Waals surface area contributed by atoms with Crippen LogP contribution in [0.25, 0.3) is 0 Å². The first-order valence-electron chi connectivity index (χ1n) is 27.0. The molecule has 3 aromatic carbocycles. The van der Waals surface area contributed by atoms with Gasteiger partial charge in [-0.3, -0.25) is 43.3 Å². The molecule has 79 heavy (non-hydrogen) atoms. The van der Waals surface area contributed by atoms with E-state index in [4.69, 9.17) is 5.73 Å². The van der Waals surface area contributed by atoms with E-state index >= 15 is 0 Å². The Morgan fingerprint density at radius 1 is 0.709 bits per heavy atom. The van der Waals surface area contributed by atoms with Gasteiger partial charge in [0.1, 0.15) is 18.1 Å². The molecule has 1 heterocycles. The first-order chi connectivity index (χ1) is 37.2. The van der Waals surface area contributed by atoms with Crippen LogP contribution in [0.2, 0.25) is 0 Å². The van der Waals surface area contributed by atoms with Crippen molar-refractivity contribution < 1.29 is 46.8 Å². The highest BCUT2D eigenvalue weighted by molar-refractivity contribution is 7.90. The average Bonchev–Trinajstić information content (AvgIpc) is 3.77. The molecule has 0 saturated carbocycles. The number of nitrogens with zero attached hydrogens (tertiary/aromatic N) is 2. The Labute approximate surface area is 466 Å². The van der Waals surface area contributed by atoms with Gasteiger partial charge in [0.25, 0.3) is 27.7 Å². The molecule has 4 rings (SSSR count). The summed E-state index contributed by atoms with van der Waals surface area (Å²) in [6.07, 6.45) is 7.11. The van der Waals surface area contributed by atoms with Gasteiger partial charge in [0.05, 0.1) is 17.0 Å². The molecule has 430 valence electrons. The van der Waals surface area contributed by atoms with Crippen molar-refractivity contribution in [2.24, 2.45) is 17.1 Å². The SMILES string of the molecule is CN[C@H](C(=O)NC(C(=O)N(C)[C@H](/C=C(\C)C(=O)NS(=O)(=O)c1ccc(CNC(=O)[C@H](CCCCN)NC(=O)[C@H](Cc2ccccc2)NC(=O)CCCCCN2C(=O)C=CC2=O)cc1)C(C)C)C(C)(C)C)C(C)(C)c1ccccc1. The van der Waals surface area contributed by atoms with Gasteiger partial charge in [-0.2, -0.15) is 0 Å². The molecule has 1 unspecified atom stereocenters. The number of benzene rings is 3. The zero-order chi connectivity index (χ0) is 58.7. The van der Waals surface area contributed by atoms with E-state index in [1.807, 2.05) is 109 Å². The lowest BCUT2D eigenvalue weighted by molar-refractivity contribution is -0.141. The van der Waals surface area contributed by atoms with Gasteiger partial charge in [-0.05, 0) is 92.8 Å². The summed E-state index contributed by atoms with van der Waals surface area (Å²) in [7, 11) is -1.12. The van der Waals surface area contributed by atoms with Crippen molar-refractivity contribution in [1.29, 1.82) is 0 Å². The van der Waals surface area contributed by atoms with E-state index in [0.29, 0.717) is 44.2 Å². The van der Waals surface area contributed by atoms with Crippen LogP contribution in [0.5, 0.6) is 0 Å². The lowest BCUT2D eigenvalue weighted by atomic mass is 9.76. The number of rotatable bonds is 30. The van der Waals surface area contributed by atoms with Crippen LogP contribution < -0.4 is 37.0 Å². The van der Waals surface area contributed by atoms with Crippen molar-refractivity contribution in [3.63, 3.8) is 0 Å². The molecule has 8 amide bonds. The number of hydrogen-bond donors (Lipinski definition) is 7. The molecule has 3 aromatic rings. The van der Waals surface area contributed by atoms with Crippen LogP contribution in [0.1, 0.15) is 117 Å². The Balaban J connectivity index is 1.39. The monoisotopic (exact) mass is 1110 g/mol. The maximum atomic E-state index is 14.4. The maximum absolute atomic E-state index is 14.4. The molecule has 0 aliphatic carbocycles. The third kappa shape index (κ3) is 19.1. The number of unbranched alkanes of at least 4 members (excludes halogenated alkanes) is 3. The summed E-state index contributed by atoms with van der Waals surface area (Å²) in [6, 6.07) is 19.9. The summed E-state index contributed by atoms with van der Waals surface area (Å²) in [5.74, 6) is -4.08. The quantitative estimate of drug-likeness (QED) is 0.0277. The minimum atomic E-state index is -4.40. The van der Waals surface area contributed by atoms with E-state index in [9.17, 15) is 46.8 Å². The molecule has 0 spiro atoms. The van der Waals surface area contributed by atoms with Gasteiger partial charge in [-0.15, -0.1) is 0 Å². The number of likely N-dealkylation sites (N-methyl/N-ethyl adjacent to an activating group) is 2. The highest BCUT2D eigenvalue weighted by atomic mass is 32.2. The van der Waals surface area contributed by atoms with Crippen molar-refractivity contribution in [3.05, 3.63) is 125 Å². The fourth-order valence-corrected chi connectivity index (χ4v) is 10.3. The van der Waals surface area contributed by atoms with Crippen LogP contribution in [0.3, 0.4) is 0 Å². The fraction of sp³-hybridized carbons (Fsp3) is 0.492. The van der Waals surface area contributed by atoms with Crippen LogP contribution in [0.4, 0.5) is 0 Å². The Bertz CT molecular complexity index is 2740. The zero-order valence-electron chi connectivity index (χ0n) is 47.5. The number of carbonyl (C=O) groups excluding carboxylic acids is 8. The fourth-order valence-electron chi connectivity index (χ4n) is 9.27. The smallest absolute Gasteiger partial charge is 0.264 e. The molecule has 0 bridgehead atoms. The van der Waals surface area contributed by atoms with Gasteiger partial charge in [-0.25, -0.2) is 13.1 Å². The summed E-state index contributed by atoms with van der Waals surface area (Å²) in [4.78, 5) is 109. The van der Waals surface area contributed by atoms with Gasteiger partial charge >= 0.3 is 0 Å².